The Hall–Kier alpha value is -2.27. The van der Waals surface area contributed by atoms with Crippen LogP contribution in [0, 0.1) is 5.92 Å². The summed E-state index contributed by atoms with van der Waals surface area (Å²) < 4.78 is 21.0. The van der Waals surface area contributed by atoms with Gasteiger partial charge in [0.2, 0.25) is 5.28 Å². The van der Waals surface area contributed by atoms with Crippen molar-refractivity contribution in [1.29, 1.82) is 0 Å². The highest BCUT2D eigenvalue weighted by Crippen LogP contribution is 2.43. The quantitative estimate of drug-likeness (QED) is 0.500. The van der Waals surface area contributed by atoms with E-state index < -0.39 is 10.6 Å². The van der Waals surface area contributed by atoms with E-state index in [4.69, 9.17) is 11.6 Å². The van der Waals surface area contributed by atoms with Gasteiger partial charge in [0.15, 0.2) is 11.5 Å². The molecule has 3 N–H and O–H groups in total. The molecule has 0 aliphatic heterocycles. The lowest BCUT2D eigenvalue weighted by molar-refractivity contribution is 0.482. The fourth-order valence-corrected chi connectivity index (χ4v) is 3.89. The lowest BCUT2D eigenvalue weighted by Gasteiger charge is -2.26. The number of nitrogens with zero attached hydrogens (tertiary/aromatic N) is 5. The van der Waals surface area contributed by atoms with E-state index in [-0.39, 0.29) is 29.2 Å². The smallest absolute Gasteiger partial charge is 0.295 e. The van der Waals surface area contributed by atoms with Crippen molar-refractivity contribution in [3.05, 3.63) is 45.9 Å². The van der Waals surface area contributed by atoms with E-state index in [0.717, 1.165) is 12.8 Å². The monoisotopic (exact) mass is 436 g/mol. The first-order valence-corrected chi connectivity index (χ1v) is 11.4. The van der Waals surface area contributed by atoms with E-state index in [1.165, 1.54) is 18.6 Å². The van der Waals surface area contributed by atoms with Gasteiger partial charge in [-0.25, -0.2) is 9.97 Å². The number of halogens is 1. The summed E-state index contributed by atoms with van der Waals surface area (Å²) in [6, 6.07) is 3.26. The van der Waals surface area contributed by atoms with Crippen LogP contribution in [0.2, 0.25) is 5.28 Å². The second-order valence-electron chi connectivity index (χ2n) is 7.23. The molecule has 29 heavy (non-hydrogen) atoms. The topological polar surface area (TPSA) is 126 Å². The summed E-state index contributed by atoms with van der Waals surface area (Å²) in [5, 5.41) is 3.11. The summed E-state index contributed by atoms with van der Waals surface area (Å²) in [7, 11) is -2.81. The minimum absolute atomic E-state index is 0.0216. The van der Waals surface area contributed by atoms with Crippen LogP contribution in [-0.4, -0.2) is 39.9 Å². The summed E-state index contributed by atoms with van der Waals surface area (Å²) in [6.07, 6.45) is 6.42. The van der Waals surface area contributed by atoms with Crippen LogP contribution in [0.1, 0.15) is 31.5 Å². The molecule has 11 heteroatoms. The average Bonchev–Trinajstić information content (AvgIpc) is 3.51. The maximum absolute atomic E-state index is 13.1. The van der Waals surface area contributed by atoms with Crippen LogP contribution in [0.4, 0.5) is 5.82 Å². The van der Waals surface area contributed by atoms with Crippen molar-refractivity contribution in [2.24, 2.45) is 5.92 Å². The van der Waals surface area contributed by atoms with E-state index in [1.807, 2.05) is 6.92 Å². The summed E-state index contributed by atoms with van der Waals surface area (Å²) in [5.41, 5.74) is 1.27. The molecule has 1 fully saturated rings. The molecule has 0 saturated heterocycles. The number of pyridine rings is 1. The highest BCUT2D eigenvalue weighted by molar-refractivity contribution is 8.23. The van der Waals surface area contributed by atoms with Crippen molar-refractivity contribution < 1.29 is 9.11 Å². The number of aromatic nitrogens is 5. The van der Waals surface area contributed by atoms with Crippen molar-refractivity contribution in [1.82, 2.24) is 24.5 Å². The maximum Gasteiger partial charge on any atom is 0.295 e. The number of rotatable bonds is 6. The molecule has 4 rings (SSSR count). The molecule has 3 heterocycles. The lowest BCUT2D eigenvalue weighted by Crippen LogP contribution is -2.29. The predicted molar refractivity (Wildman–Crippen MR) is 113 cm³/mol. The van der Waals surface area contributed by atoms with Gasteiger partial charge >= 0.3 is 0 Å². The zero-order chi connectivity index (χ0) is 20.8. The zero-order valence-electron chi connectivity index (χ0n) is 15.9. The van der Waals surface area contributed by atoms with Gasteiger partial charge in [0.25, 0.3) is 5.56 Å². The van der Waals surface area contributed by atoms with Crippen LogP contribution >= 0.6 is 22.2 Å². The van der Waals surface area contributed by atoms with Gasteiger partial charge in [-0.2, -0.15) is 15.6 Å². The highest BCUT2D eigenvalue weighted by Gasteiger charge is 2.31. The third kappa shape index (κ3) is 4.20. The fourth-order valence-electron chi connectivity index (χ4n) is 3.18. The van der Waals surface area contributed by atoms with Gasteiger partial charge in [-0.05, 0) is 49.4 Å². The fraction of sp³-hybridized carbons (Fsp3) is 0.389. The molecule has 9 nitrogen and oxygen atoms in total. The van der Waals surface area contributed by atoms with Crippen LogP contribution in [0.5, 0.6) is 0 Å². The van der Waals surface area contributed by atoms with Gasteiger partial charge in [-0.1, -0.05) is 0 Å². The molecule has 1 atom stereocenters. The molecule has 3 aromatic rings. The Morgan fingerprint density at radius 2 is 2.03 bits per heavy atom. The Morgan fingerprint density at radius 3 is 2.66 bits per heavy atom. The Labute approximate surface area is 173 Å². The molecule has 0 amide bonds. The van der Waals surface area contributed by atoms with E-state index in [9.17, 15) is 13.9 Å². The maximum atomic E-state index is 13.1. The van der Waals surface area contributed by atoms with Gasteiger partial charge in [0.1, 0.15) is 5.52 Å². The number of hydrogen-bond donors (Lipinski definition) is 3. The molecular formula is C18H21ClN6O3S. The van der Waals surface area contributed by atoms with Crippen molar-refractivity contribution in [3.63, 3.8) is 0 Å². The normalized spacial score (nSPS) is 16.0. The molecule has 1 aliphatic rings. The molecular weight excluding hydrogens is 416 g/mol. The summed E-state index contributed by atoms with van der Waals surface area (Å²) >= 11 is 5.95. The molecule has 0 bridgehead atoms. The molecule has 1 unspecified atom stereocenters. The predicted octanol–water partition coefficient (Wildman–Crippen LogP) is 3.56. The van der Waals surface area contributed by atoms with E-state index in [1.54, 1.807) is 16.7 Å². The van der Waals surface area contributed by atoms with Gasteiger partial charge in [0.05, 0.1) is 29.5 Å². The molecule has 3 aromatic heterocycles. The van der Waals surface area contributed by atoms with Gasteiger partial charge < -0.3 is 5.32 Å². The first kappa shape index (κ1) is 20.0. The second-order valence-corrected chi connectivity index (χ2v) is 9.71. The van der Waals surface area contributed by atoms with E-state index >= 15 is 0 Å². The Bertz CT molecular complexity index is 1110. The first-order chi connectivity index (χ1) is 13.7. The SMILES string of the molecule is CC(C1CC1)n1c(=O)c(NCc2ccc(S(C)(O)O)cn2)nc2cnc(Cl)nc21. The van der Waals surface area contributed by atoms with Crippen molar-refractivity contribution >= 4 is 39.2 Å². The number of hydrogen-bond acceptors (Lipinski definition) is 8. The van der Waals surface area contributed by atoms with Gasteiger partial charge in [-0.15, -0.1) is 0 Å². The Kier molecular flexibility index (Phi) is 5.19. The first-order valence-electron chi connectivity index (χ1n) is 9.11. The molecule has 1 saturated carbocycles. The third-order valence-corrected chi connectivity index (χ3v) is 6.31. The number of nitrogens with one attached hydrogen (secondary N) is 1. The third-order valence-electron chi connectivity index (χ3n) is 5.00. The number of anilines is 1. The molecule has 0 radical (unpaired) electrons. The molecule has 154 valence electrons. The average molecular weight is 437 g/mol. The van der Waals surface area contributed by atoms with E-state index in [2.05, 4.69) is 25.3 Å². The van der Waals surface area contributed by atoms with Gasteiger partial charge in [0, 0.05) is 12.3 Å². The van der Waals surface area contributed by atoms with Crippen LogP contribution in [0.25, 0.3) is 11.2 Å². The van der Waals surface area contributed by atoms with Crippen LogP contribution < -0.4 is 10.9 Å². The second kappa shape index (κ2) is 7.52. The van der Waals surface area contributed by atoms with Crippen molar-refractivity contribution in [2.75, 3.05) is 11.6 Å². The van der Waals surface area contributed by atoms with Crippen LogP contribution in [0.3, 0.4) is 0 Å². The van der Waals surface area contributed by atoms with E-state index in [0.29, 0.717) is 27.7 Å². The Morgan fingerprint density at radius 1 is 1.28 bits per heavy atom. The summed E-state index contributed by atoms with van der Waals surface area (Å²) in [4.78, 5) is 30.3. The van der Waals surface area contributed by atoms with Gasteiger partial charge in [-0.3, -0.25) is 23.5 Å². The minimum Gasteiger partial charge on any atom is -0.360 e. The molecule has 1 aliphatic carbocycles. The molecule has 0 spiro atoms. The van der Waals surface area contributed by atoms with Crippen molar-refractivity contribution in [3.8, 4) is 0 Å². The van der Waals surface area contributed by atoms with Crippen LogP contribution in [-0.2, 0) is 6.54 Å². The standard InChI is InChI=1S/C18H21ClN6O3S/c1-10(11-3-4-11)25-16-14(9-22-18(19)24-16)23-15(17(25)26)21-7-12-5-6-13(8-20-12)29(2,27)28/h5-6,8-11,27-28H,3-4,7H2,1-2H3,(H,21,23). The number of fused-ring (bicyclic) bond motifs is 1. The minimum atomic E-state index is -2.81. The summed E-state index contributed by atoms with van der Waals surface area (Å²) in [6.45, 7) is 2.25. The lowest BCUT2D eigenvalue weighted by atomic mass is 10.2. The Balaban J connectivity index is 1.66. The molecule has 0 aromatic carbocycles. The van der Waals surface area contributed by atoms with Crippen molar-refractivity contribution in [2.45, 2.75) is 37.2 Å². The highest BCUT2D eigenvalue weighted by atomic mass is 35.5. The largest absolute Gasteiger partial charge is 0.360 e. The zero-order valence-corrected chi connectivity index (χ0v) is 17.5. The van der Waals surface area contributed by atoms with Crippen LogP contribution in [0.15, 0.2) is 34.2 Å². The summed E-state index contributed by atoms with van der Waals surface area (Å²) in [5.74, 6) is 0.615.